The average Bonchev–Trinajstić information content (AvgIpc) is 2.50. The molecule has 0 aliphatic carbocycles. The topological polar surface area (TPSA) is 80.9 Å². The van der Waals surface area contributed by atoms with Crippen molar-refractivity contribution in [3.05, 3.63) is 52.4 Å². The molecular weight excluding hydrogens is 304 g/mol. The molecule has 0 amide bonds. The van der Waals surface area contributed by atoms with Gasteiger partial charge in [-0.3, -0.25) is 14.3 Å². The molecule has 0 aromatic carbocycles. The highest BCUT2D eigenvalue weighted by Crippen LogP contribution is 2.25. The van der Waals surface area contributed by atoms with Crippen LogP contribution in [0.1, 0.15) is 6.92 Å². The Morgan fingerprint density at radius 3 is 2.95 bits per heavy atom. The molecule has 112 valence electrons. The van der Waals surface area contributed by atoms with Gasteiger partial charge < -0.3 is 5.11 Å². The van der Waals surface area contributed by atoms with Gasteiger partial charge in [0.05, 0.1) is 24.4 Å². The fraction of sp³-hybridized carbons (Fsp3) is 0.200. The number of rotatable bonds is 3. The minimum Gasteiger partial charge on any atom is -0.392 e. The zero-order chi connectivity index (χ0) is 15.7. The number of pyridine rings is 2. The van der Waals surface area contributed by atoms with E-state index in [2.05, 4.69) is 15.0 Å². The summed E-state index contributed by atoms with van der Waals surface area (Å²) in [6.45, 7) is 1.78. The van der Waals surface area contributed by atoms with Gasteiger partial charge in [0.15, 0.2) is 0 Å². The summed E-state index contributed by atoms with van der Waals surface area (Å²) in [5.74, 6) is 0. The Labute approximate surface area is 131 Å². The van der Waals surface area contributed by atoms with Crippen LogP contribution >= 0.6 is 11.6 Å². The van der Waals surface area contributed by atoms with Crippen molar-refractivity contribution in [3.8, 4) is 11.3 Å². The van der Waals surface area contributed by atoms with E-state index >= 15 is 0 Å². The summed E-state index contributed by atoms with van der Waals surface area (Å²) in [5, 5.41) is 10.0. The van der Waals surface area contributed by atoms with Crippen LogP contribution in [0.5, 0.6) is 0 Å². The normalized spacial score (nSPS) is 12.5. The third-order valence-corrected chi connectivity index (χ3v) is 3.37. The molecule has 3 heterocycles. The van der Waals surface area contributed by atoms with Crippen molar-refractivity contribution >= 4 is 22.5 Å². The molecule has 6 nitrogen and oxygen atoms in total. The molecular formula is C15H13ClN4O2. The predicted molar refractivity (Wildman–Crippen MR) is 83.7 cm³/mol. The number of fused-ring (bicyclic) bond motifs is 1. The van der Waals surface area contributed by atoms with Gasteiger partial charge in [-0.1, -0.05) is 11.6 Å². The first kappa shape index (κ1) is 14.6. The molecule has 1 N–H and O–H groups in total. The van der Waals surface area contributed by atoms with Crippen LogP contribution in [-0.2, 0) is 6.54 Å². The lowest BCUT2D eigenvalue weighted by Crippen LogP contribution is -2.25. The van der Waals surface area contributed by atoms with Crippen molar-refractivity contribution < 1.29 is 5.11 Å². The van der Waals surface area contributed by atoms with Gasteiger partial charge in [-0.2, -0.15) is 0 Å². The number of nitrogens with zero attached hydrogens (tertiary/aromatic N) is 4. The Hall–Kier alpha value is -2.31. The maximum Gasteiger partial charge on any atom is 0.261 e. The van der Waals surface area contributed by atoms with E-state index in [1.807, 2.05) is 6.07 Å². The standard InChI is InChI=1S/C15H13ClN4O2/c1-9(21)7-20-8-18-14-11(15(20)22)5-12(16)19-13(14)10-3-2-4-17-6-10/h2-6,8-9,21H,7H2,1H3/t9-/m0/s1. The second-order valence-corrected chi connectivity index (χ2v) is 5.37. The maximum absolute atomic E-state index is 12.5. The number of aliphatic hydroxyl groups excluding tert-OH is 1. The number of halogens is 1. The summed E-state index contributed by atoms with van der Waals surface area (Å²) < 4.78 is 1.36. The van der Waals surface area contributed by atoms with Crippen LogP contribution in [0, 0.1) is 0 Å². The van der Waals surface area contributed by atoms with Gasteiger partial charge in [0.2, 0.25) is 0 Å². The Bertz CT molecular complexity index is 878. The fourth-order valence-electron chi connectivity index (χ4n) is 2.25. The second kappa shape index (κ2) is 5.82. The van der Waals surface area contributed by atoms with E-state index in [1.54, 1.807) is 25.4 Å². The molecule has 0 spiro atoms. The Balaban J connectivity index is 2.28. The molecule has 0 aliphatic heterocycles. The smallest absolute Gasteiger partial charge is 0.261 e. The molecule has 3 rings (SSSR count). The van der Waals surface area contributed by atoms with Crippen LogP contribution < -0.4 is 5.56 Å². The van der Waals surface area contributed by atoms with E-state index in [0.717, 1.165) is 5.56 Å². The van der Waals surface area contributed by atoms with Crippen LogP contribution in [0.3, 0.4) is 0 Å². The van der Waals surface area contributed by atoms with Gasteiger partial charge in [0.1, 0.15) is 16.4 Å². The van der Waals surface area contributed by atoms with Gasteiger partial charge >= 0.3 is 0 Å². The maximum atomic E-state index is 12.5. The molecule has 3 aromatic heterocycles. The lowest BCUT2D eigenvalue weighted by atomic mass is 10.1. The molecule has 3 aromatic rings. The largest absolute Gasteiger partial charge is 0.392 e. The lowest BCUT2D eigenvalue weighted by molar-refractivity contribution is 0.172. The highest BCUT2D eigenvalue weighted by atomic mass is 35.5. The fourth-order valence-corrected chi connectivity index (χ4v) is 2.45. The van der Waals surface area contributed by atoms with E-state index in [0.29, 0.717) is 16.6 Å². The number of hydrogen-bond acceptors (Lipinski definition) is 5. The van der Waals surface area contributed by atoms with Crippen molar-refractivity contribution in [3.63, 3.8) is 0 Å². The average molecular weight is 317 g/mol. The van der Waals surface area contributed by atoms with Crippen molar-refractivity contribution in [2.75, 3.05) is 0 Å². The highest BCUT2D eigenvalue weighted by molar-refractivity contribution is 6.30. The van der Waals surface area contributed by atoms with Crippen molar-refractivity contribution in [1.29, 1.82) is 0 Å². The van der Waals surface area contributed by atoms with Crippen LogP contribution in [0.2, 0.25) is 5.15 Å². The Morgan fingerprint density at radius 1 is 1.45 bits per heavy atom. The first-order valence-electron chi connectivity index (χ1n) is 6.70. The quantitative estimate of drug-likeness (QED) is 0.746. The van der Waals surface area contributed by atoms with Crippen LogP contribution in [0.4, 0.5) is 0 Å². The molecule has 0 saturated carbocycles. The molecule has 22 heavy (non-hydrogen) atoms. The molecule has 7 heteroatoms. The number of hydrogen-bond donors (Lipinski definition) is 1. The van der Waals surface area contributed by atoms with Gasteiger partial charge in [-0.25, -0.2) is 9.97 Å². The van der Waals surface area contributed by atoms with Crippen LogP contribution in [0.15, 0.2) is 41.7 Å². The molecule has 0 aliphatic rings. The van der Waals surface area contributed by atoms with Crippen LogP contribution in [-0.4, -0.2) is 30.7 Å². The summed E-state index contributed by atoms with van der Waals surface area (Å²) in [6, 6.07) is 5.09. The molecule has 1 atom stereocenters. The predicted octanol–water partition coefficient (Wildman–Crippen LogP) is 1.89. The zero-order valence-electron chi connectivity index (χ0n) is 11.8. The van der Waals surface area contributed by atoms with Crippen molar-refractivity contribution in [2.24, 2.45) is 0 Å². The van der Waals surface area contributed by atoms with E-state index in [9.17, 15) is 9.90 Å². The van der Waals surface area contributed by atoms with E-state index in [-0.39, 0.29) is 17.3 Å². The molecule has 0 bridgehead atoms. The summed E-state index contributed by atoms with van der Waals surface area (Å²) in [6.07, 6.45) is 4.06. The summed E-state index contributed by atoms with van der Waals surface area (Å²) in [7, 11) is 0. The number of aliphatic hydroxyl groups is 1. The Kier molecular flexibility index (Phi) is 3.87. The van der Waals surface area contributed by atoms with Gasteiger partial charge in [0, 0.05) is 18.0 Å². The monoisotopic (exact) mass is 316 g/mol. The SMILES string of the molecule is C[C@H](O)Cn1cnc2c(-c3cccnc3)nc(Cl)cc2c1=O. The third-order valence-electron chi connectivity index (χ3n) is 3.17. The van der Waals surface area contributed by atoms with E-state index < -0.39 is 6.10 Å². The summed E-state index contributed by atoms with van der Waals surface area (Å²) >= 11 is 6.05. The first-order chi connectivity index (χ1) is 10.6. The van der Waals surface area contributed by atoms with E-state index in [1.165, 1.54) is 17.0 Å². The first-order valence-corrected chi connectivity index (χ1v) is 7.08. The highest BCUT2D eigenvalue weighted by Gasteiger charge is 2.13. The molecule has 0 unspecified atom stereocenters. The molecule has 0 fully saturated rings. The van der Waals surface area contributed by atoms with Gasteiger partial charge in [0.25, 0.3) is 5.56 Å². The van der Waals surface area contributed by atoms with Crippen LogP contribution in [0.25, 0.3) is 22.2 Å². The molecule has 0 saturated heterocycles. The minimum absolute atomic E-state index is 0.171. The second-order valence-electron chi connectivity index (χ2n) is 4.98. The summed E-state index contributed by atoms with van der Waals surface area (Å²) in [5.41, 5.74) is 1.44. The minimum atomic E-state index is -0.646. The lowest BCUT2D eigenvalue weighted by Gasteiger charge is -2.10. The van der Waals surface area contributed by atoms with Crippen molar-refractivity contribution in [1.82, 2.24) is 19.5 Å². The van der Waals surface area contributed by atoms with Gasteiger partial charge in [-0.15, -0.1) is 0 Å². The van der Waals surface area contributed by atoms with Gasteiger partial charge in [-0.05, 0) is 25.1 Å². The molecule has 0 radical (unpaired) electrons. The van der Waals surface area contributed by atoms with E-state index in [4.69, 9.17) is 11.6 Å². The van der Waals surface area contributed by atoms with Crippen molar-refractivity contribution in [2.45, 2.75) is 19.6 Å². The Morgan fingerprint density at radius 2 is 2.27 bits per heavy atom. The third kappa shape index (κ3) is 2.70. The summed E-state index contributed by atoms with van der Waals surface area (Å²) in [4.78, 5) is 25.1. The zero-order valence-corrected chi connectivity index (χ0v) is 12.5. The number of aromatic nitrogens is 4.